The van der Waals surface area contributed by atoms with Crippen LogP contribution in [0.5, 0.6) is 0 Å². The molecule has 1 heterocycles. The monoisotopic (exact) mass is 425 g/mol. The zero-order chi connectivity index (χ0) is 20.9. The number of primary sulfonamides is 1. The molecule has 3 rings (SSSR count). The number of hydrogen-bond donors (Lipinski definition) is 4. The van der Waals surface area contributed by atoms with Crippen molar-refractivity contribution in [3.8, 4) is 0 Å². The summed E-state index contributed by atoms with van der Waals surface area (Å²) in [5.74, 6) is 0.680. The molecule has 12 heteroatoms. The van der Waals surface area contributed by atoms with E-state index in [-0.39, 0.29) is 15.6 Å². The third kappa shape index (κ3) is 5.97. The molecule has 0 saturated heterocycles. The van der Waals surface area contributed by atoms with Crippen molar-refractivity contribution in [3.63, 3.8) is 0 Å². The quantitative estimate of drug-likeness (QED) is 0.450. The number of anilines is 3. The summed E-state index contributed by atoms with van der Waals surface area (Å²) in [5.41, 5.74) is 11.8. The number of benzene rings is 2. The van der Waals surface area contributed by atoms with Crippen LogP contribution in [0.4, 0.5) is 17.2 Å². The van der Waals surface area contributed by atoms with Crippen LogP contribution in [0.2, 0.25) is 0 Å². The minimum absolute atomic E-state index is 0.0756. The SMILES string of the molecule is Cc1cc(NS(=O)(=O)c2ccc(N)cc2)no1.Nc1ccc(S(N)(=O)=O)cc1. The van der Waals surface area contributed by atoms with E-state index in [1.54, 1.807) is 6.92 Å². The van der Waals surface area contributed by atoms with Gasteiger partial charge in [-0.05, 0) is 55.5 Å². The van der Waals surface area contributed by atoms with E-state index in [4.69, 9.17) is 21.1 Å². The highest BCUT2D eigenvalue weighted by Crippen LogP contribution is 2.16. The second-order valence-corrected chi connectivity index (χ2v) is 8.86. The molecule has 0 unspecified atom stereocenters. The van der Waals surface area contributed by atoms with Crippen LogP contribution < -0.4 is 21.3 Å². The number of aromatic nitrogens is 1. The number of nitrogen functional groups attached to an aromatic ring is 2. The highest BCUT2D eigenvalue weighted by molar-refractivity contribution is 7.92. The Kier molecular flexibility index (Phi) is 6.28. The number of nitrogens with two attached hydrogens (primary N) is 3. The molecule has 0 atom stereocenters. The summed E-state index contributed by atoms with van der Waals surface area (Å²) in [6.45, 7) is 1.67. The Labute approximate surface area is 162 Å². The van der Waals surface area contributed by atoms with Crippen molar-refractivity contribution < 1.29 is 21.4 Å². The van der Waals surface area contributed by atoms with E-state index in [0.29, 0.717) is 17.1 Å². The topological polar surface area (TPSA) is 184 Å². The lowest BCUT2D eigenvalue weighted by molar-refractivity contribution is 0.400. The Morgan fingerprint density at radius 1 is 0.857 bits per heavy atom. The van der Waals surface area contributed by atoms with Crippen LogP contribution in [-0.4, -0.2) is 22.0 Å². The van der Waals surface area contributed by atoms with E-state index < -0.39 is 20.0 Å². The summed E-state index contributed by atoms with van der Waals surface area (Å²) in [6.07, 6.45) is 0. The summed E-state index contributed by atoms with van der Waals surface area (Å²) >= 11 is 0. The molecule has 0 saturated carbocycles. The highest BCUT2D eigenvalue weighted by Gasteiger charge is 2.15. The molecule has 0 fully saturated rings. The summed E-state index contributed by atoms with van der Waals surface area (Å²) in [7, 11) is -7.22. The molecule has 0 aliphatic heterocycles. The van der Waals surface area contributed by atoms with Gasteiger partial charge in [-0.2, -0.15) is 0 Å². The lowest BCUT2D eigenvalue weighted by atomic mass is 10.3. The van der Waals surface area contributed by atoms with Crippen LogP contribution in [0.3, 0.4) is 0 Å². The Morgan fingerprint density at radius 2 is 1.32 bits per heavy atom. The first-order valence-corrected chi connectivity index (χ1v) is 10.7. The van der Waals surface area contributed by atoms with Gasteiger partial charge in [0.15, 0.2) is 5.82 Å². The Morgan fingerprint density at radius 3 is 1.71 bits per heavy atom. The largest absolute Gasteiger partial charge is 0.399 e. The molecular weight excluding hydrogens is 406 g/mol. The summed E-state index contributed by atoms with van der Waals surface area (Å²) in [6, 6.07) is 13.1. The van der Waals surface area contributed by atoms with E-state index >= 15 is 0 Å². The molecule has 1 aromatic heterocycles. The van der Waals surface area contributed by atoms with Crippen LogP contribution in [0.1, 0.15) is 5.76 Å². The predicted octanol–water partition coefficient (Wildman–Crippen LogP) is 1.28. The first-order valence-electron chi connectivity index (χ1n) is 7.67. The molecule has 0 aliphatic carbocycles. The number of hydrogen-bond acceptors (Lipinski definition) is 8. The molecular formula is C16H19N5O5S2. The predicted molar refractivity (Wildman–Crippen MR) is 105 cm³/mol. The number of aryl methyl sites for hydroxylation is 1. The fourth-order valence-electron chi connectivity index (χ4n) is 1.92. The molecule has 0 radical (unpaired) electrons. The maximum Gasteiger partial charge on any atom is 0.263 e. The minimum atomic E-state index is -3.64. The zero-order valence-electron chi connectivity index (χ0n) is 14.7. The van der Waals surface area contributed by atoms with Crippen molar-refractivity contribution in [1.29, 1.82) is 0 Å². The maximum atomic E-state index is 11.9. The maximum absolute atomic E-state index is 11.9. The average Bonchev–Trinajstić information content (AvgIpc) is 2.99. The van der Waals surface area contributed by atoms with Gasteiger partial charge in [0, 0.05) is 17.4 Å². The Bertz CT molecular complexity index is 1140. The molecule has 0 amide bonds. The van der Waals surface area contributed by atoms with Crippen LogP contribution in [0.15, 0.2) is 68.9 Å². The first-order chi connectivity index (χ1) is 13.0. The second-order valence-electron chi connectivity index (χ2n) is 5.61. The number of rotatable bonds is 4. The molecule has 0 bridgehead atoms. The molecule has 10 nitrogen and oxygen atoms in total. The molecule has 28 heavy (non-hydrogen) atoms. The van der Waals surface area contributed by atoms with E-state index in [2.05, 4.69) is 9.88 Å². The average molecular weight is 425 g/mol. The summed E-state index contributed by atoms with van der Waals surface area (Å²) in [4.78, 5) is 0.194. The molecule has 0 spiro atoms. The van der Waals surface area contributed by atoms with Gasteiger partial charge in [-0.1, -0.05) is 5.16 Å². The fourth-order valence-corrected chi connectivity index (χ4v) is 3.41. The van der Waals surface area contributed by atoms with Crippen LogP contribution >= 0.6 is 0 Å². The lowest BCUT2D eigenvalue weighted by Gasteiger charge is -2.04. The molecule has 2 aromatic carbocycles. The highest BCUT2D eigenvalue weighted by atomic mass is 32.2. The van der Waals surface area contributed by atoms with Gasteiger partial charge < -0.3 is 16.0 Å². The van der Waals surface area contributed by atoms with Gasteiger partial charge in [0.05, 0.1) is 9.79 Å². The molecule has 7 N–H and O–H groups in total. The lowest BCUT2D eigenvalue weighted by Crippen LogP contribution is -2.13. The molecule has 3 aromatic rings. The van der Waals surface area contributed by atoms with Gasteiger partial charge in [-0.15, -0.1) is 0 Å². The zero-order valence-corrected chi connectivity index (χ0v) is 16.4. The van der Waals surface area contributed by atoms with Crippen molar-refractivity contribution >= 4 is 37.2 Å². The van der Waals surface area contributed by atoms with Gasteiger partial charge in [0.1, 0.15) is 5.76 Å². The van der Waals surface area contributed by atoms with Crippen molar-refractivity contribution in [3.05, 3.63) is 60.4 Å². The minimum Gasteiger partial charge on any atom is -0.399 e. The normalized spacial score (nSPS) is 11.4. The van der Waals surface area contributed by atoms with Gasteiger partial charge >= 0.3 is 0 Å². The number of nitrogens with zero attached hydrogens (tertiary/aromatic N) is 1. The van der Waals surface area contributed by atoms with Crippen molar-refractivity contribution in [2.75, 3.05) is 16.2 Å². The van der Waals surface area contributed by atoms with Crippen LogP contribution in [0, 0.1) is 6.92 Å². The van der Waals surface area contributed by atoms with Crippen LogP contribution in [-0.2, 0) is 20.0 Å². The summed E-state index contributed by atoms with van der Waals surface area (Å²) < 4.78 is 52.2. The first kappa shape index (κ1) is 21.2. The Balaban J connectivity index is 0.000000221. The third-order valence-electron chi connectivity index (χ3n) is 3.27. The second kappa shape index (κ2) is 8.29. The van der Waals surface area contributed by atoms with Crippen LogP contribution in [0.25, 0.3) is 0 Å². The van der Waals surface area contributed by atoms with E-state index in [0.717, 1.165) is 0 Å². The van der Waals surface area contributed by atoms with Crippen molar-refractivity contribution in [2.24, 2.45) is 5.14 Å². The van der Waals surface area contributed by atoms with Gasteiger partial charge in [-0.3, -0.25) is 4.72 Å². The Hall–Kier alpha value is -3.09. The van der Waals surface area contributed by atoms with E-state index in [1.807, 2.05) is 0 Å². The molecule has 150 valence electrons. The standard InChI is InChI=1S/C10H11N3O3S.C6H8N2O2S/c1-7-6-10(12-16-7)13-17(14,15)9-4-2-8(11)3-5-9;7-5-1-3-6(4-2-5)11(8,9)10/h2-6H,11H2,1H3,(H,12,13);1-4H,7H2,(H2,8,9,10). The third-order valence-corrected chi connectivity index (χ3v) is 5.57. The number of nitrogens with one attached hydrogen (secondary N) is 1. The van der Waals surface area contributed by atoms with Gasteiger partial charge in [0.2, 0.25) is 10.0 Å². The van der Waals surface area contributed by atoms with E-state index in [1.165, 1.54) is 54.6 Å². The number of sulfonamides is 2. The molecule has 0 aliphatic rings. The van der Waals surface area contributed by atoms with Gasteiger partial charge in [-0.25, -0.2) is 22.0 Å². The fraction of sp³-hybridized carbons (Fsp3) is 0.0625. The van der Waals surface area contributed by atoms with E-state index in [9.17, 15) is 16.8 Å². The smallest absolute Gasteiger partial charge is 0.263 e. The van der Waals surface area contributed by atoms with Crippen molar-refractivity contribution in [2.45, 2.75) is 16.7 Å². The van der Waals surface area contributed by atoms with Gasteiger partial charge in [0.25, 0.3) is 10.0 Å². The summed E-state index contributed by atoms with van der Waals surface area (Å²) in [5, 5.41) is 8.39. The van der Waals surface area contributed by atoms with Crippen molar-refractivity contribution in [1.82, 2.24) is 5.16 Å².